The summed E-state index contributed by atoms with van der Waals surface area (Å²) in [5.74, 6) is -1.09. The standard InChI is InChI=1S/C13H9F3N2O3/c14-13(15,16)10-6-9(17-18-11(10)19)5-7-1-3-8(4-2-7)12(20)21/h1-4,6H,5H2,(H,18,19)(H,20,21). The number of benzene rings is 1. The third-order valence-electron chi connectivity index (χ3n) is 2.75. The maximum atomic E-state index is 12.6. The van der Waals surface area contributed by atoms with Gasteiger partial charge >= 0.3 is 12.1 Å². The van der Waals surface area contributed by atoms with Crippen LogP contribution in [0.25, 0.3) is 0 Å². The molecule has 0 bridgehead atoms. The van der Waals surface area contributed by atoms with Gasteiger partial charge in [0.15, 0.2) is 0 Å². The Morgan fingerprint density at radius 1 is 1.24 bits per heavy atom. The topological polar surface area (TPSA) is 83.0 Å². The van der Waals surface area contributed by atoms with E-state index in [4.69, 9.17) is 5.11 Å². The molecule has 0 unspecified atom stereocenters. The normalized spacial score (nSPS) is 11.4. The summed E-state index contributed by atoms with van der Waals surface area (Å²) in [4.78, 5) is 21.8. The van der Waals surface area contributed by atoms with Crippen molar-refractivity contribution in [3.63, 3.8) is 0 Å². The predicted molar refractivity (Wildman–Crippen MR) is 66.1 cm³/mol. The Bertz CT molecular complexity index is 721. The summed E-state index contributed by atoms with van der Waals surface area (Å²) in [5, 5.41) is 14.1. The molecule has 2 aromatic rings. The molecule has 2 N–H and O–H groups in total. The van der Waals surface area contributed by atoms with Crippen molar-refractivity contribution >= 4 is 5.97 Å². The van der Waals surface area contributed by atoms with E-state index in [-0.39, 0.29) is 17.7 Å². The Hall–Kier alpha value is -2.64. The Morgan fingerprint density at radius 2 is 1.86 bits per heavy atom. The van der Waals surface area contributed by atoms with E-state index in [1.807, 2.05) is 0 Å². The van der Waals surface area contributed by atoms with E-state index in [0.29, 0.717) is 11.6 Å². The maximum Gasteiger partial charge on any atom is 0.421 e. The van der Waals surface area contributed by atoms with Crippen molar-refractivity contribution in [3.8, 4) is 0 Å². The number of H-pyrrole nitrogens is 1. The lowest BCUT2D eigenvalue weighted by molar-refractivity contribution is -0.138. The number of rotatable bonds is 3. The average molecular weight is 298 g/mol. The molecule has 2 rings (SSSR count). The fourth-order valence-electron chi connectivity index (χ4n) is 1.72. The van der Waals surface area contributed by atoms with Gasteiger partial charge in [-0.15, -0.1) is 0 Å². The third-order valence-corrected chi connectivity index (χ3v) is 2.75. The minimum atomic E-state index is -4.75. The monoisotopic (exact) mass is 298 g/mol. The zero-order chi connectivity index (χ0) is 15.6. The van der Waals surface area contributed by atoms with Gasteiger partial charge in [-0.1, -0.05) is 12.1 Å². The number of carbonyl (C=O) groups is 1. The molecule has 0 aliphatic carbocycles. The van der Waals surface area contributed by atoms with Gasteiger partial charge in [-0.3, -0.25) is 4.79 Å². The molecular formula is C13H9F3N2O3. The number of aromatic amines is 1. The first kappa shape index (κ1) is 14.8. The minimum Gasteiger partial charge on any atom is -0.478 e. The molecule has 1 heterocycles. The molecule has 110 valence electrons. The minimum absolute atomic E-state index is 0.0324. The highest BCUT2D eigenvalue weighted by atomic mass is 19.4. The van der Waals surface area contributed by atoms with Crippen molar-refractivity contribution in [1.29, 1.82) is 0 Å². The largest absolute Gasteiger partial charge is 0.478 e. The van der Waals surface area contributed by atoms with Gasteiger partial charge in [0, 0.05) is 6.42 Å². The molecule has 0 saturated carbocycles. The van der Waals surface area contributed by atoms with Crippen LogP contribution in [0, 0.1) is 0 Å². The first-order valence-corrected chi connectivity index (χ1v) is 5.75. The maximum absolute atomic E-state index is 12.6. The SMILES string of the molecule is O=C(O)c1ccc(Cc2cc(C(F)(F)F)c(=O)[nH]n2)cc1. The van der Waals surface area contributed by atoms with E-state index in [2.05, 4.69) is 5.10 Å². The van der Waals surface area contributed by atoms with Gasteiger partial charge in [-0.2, -0.15) is 18.3 Å². The van der Waals surface area contributed by atoms with Crippen LogP contribution in [-0.4, -0.2) is 21.3 Å². The molecule has 5 nitrogen and oxygen atoms in total. The van der Waals surface area contributed by atoms with Crippen LogP contribution in [0.2, 0.25) is 0 Å². The third kappa shape index (κ3) is 3.47. The summed E-state index contributed by atoms with van der Waals surface area (Å²) in [6.45, 7) is 0. The van der Waals surface area contributed by atoms with E-state index in [9.17, 15) is 22.8 Å². The zero-order valence-corrected chi connectivity index (χ0v) is 10.4. The van der Waals surface area contributed by atoms with Gasteiger partial charge in [0.2, 0.25) is 0 Å². The number of nitrogens with zero attached hydrogens (tertiary/aromatic N) is 1. The number of carboxylic acid groups (broad SMARTS) is 1. The predicted octanol–water partition coefficient (Wildman–Crippen LogP) is 2.08. The highest BCUT2D eigenvalue weighted by Crippen LogP contribution is 2.26. The smallest absolute Gasteiger partial charge is 0.421 e. The van der Waals surface area contributed by atoms with Gasteiger partial charge in [0.1, 0.15) is 5.56 Å². The summed E-state index contributed by atoms with van der Waals surface area (Å²) in [7, 11) is 0. The van der Waals surface area contributed by atoms with Crippen LogP contribution in [0.4, 0.5) is 13.2 Å². The molecule has 21 heavy (non-hydrogen) atoms. The zero-order valence-electron chi connectivity index (χ0n) is 10.4. The van der Waals surface area contributed by atoms with Crippen LogP contribution >= 0.6 is 0 Å². The Balaban J connectivity index is 2.28. The van der Waals surface area contributed by atoms with Crippen LogP contribution in [0.15, 0.2) is 35.1 Å². The lowest BCUT2D eigenvalue weighted by atomic mass is 10.1. The van der Waals surface area contributed by atoms with Gasteiger partial charge < -0.3 is 5.11 Å². The molecule has 0 spiro atoms. The highest BCUT2D eigenvalue weighted by molar-refractivity contribution is 5.87. The van der Waals surface area contributed by atoms with Crippen molar-refractivity contribution in [1.82, 2.24) is 10.2 Å². The summed E-state index contributed by atoms with van der Waals surface area (Å²) < 4.78 is 37.8. The number of carboxylic acids is 1. The molecule has 0 aliphatic rings. The van der Waals surface area contributed by atoms with E-state index in [0.717, 1.165) is 0 Å². The second-order valence-electron chi connectivity index (χ2n) is 4.28. The first-order valence-electron chi connectivity index (χ1n) is 5.75. The number of aromatic carboxylic acids is 1. The second-order valence-corrected chi connectivity index (χ2v) is 4.28. The van der Waals surface area contributed by atoms with Crippen LogP contribution in [-0.2, 0) is 12.6 Å². The second kappa shape index (κ2) is 5.39. The number of halogens is 3. The van der Waals surface area contributed by atoms with E-state index in [1.54, 1.807) is 5.10 Å². The van der Waals surface area contributed by atoms with Crippen molar-refractivity contribution < 1.29 is 23.1 Å². The van der Waals surface area contributed by atoms with Gasteiger partial charge in [0.05, 0.1) is 11.3 Å². The summed E-state index contributed by atoms with van der Waals surface area (Å²) >= 11 is 0. The molecule has 1 aromatic carbocycles. The van der Waals surface area contributed by atoms with Gasteiger partial charge in [-0.25, -0.2) is 9.89 Å². The van der Waals surface area contributed by atoms with Gasteiger partial charge in [0.25, 0.3) is 5.56 Å². The van der Waals surface area contributed by atoms with E-state index >= 15 is 0 Å². The van der Waals surface area contributed by atoms with Crippen molar-refractivity contribution in [2.24, 2.45) is 0 Å². The summed E-state index contributed by atoms with van der Waals surface area (Å²) in [6, 6.07) is 6.32. The number of nitrogens with one attached hydrogen (secondary N) is 1. The molecule has 0 saturated heterocycles. The highest BCUT2D eigenvalue weighted by Gasteiger charge is 2.34. The first-order chi connectivity index (χ1) is 9.77. The molecule has 0 aliphatic heterocycles. The summed E-state index contributed by atoms with van der Waals surface area (Å²) in [5.41, 5.74) is -1.93. The van der Waals surface area contributed by atoms with Crippen LogP contribution in [0.5, 0.6) is 0 Å². The number of hydrogen-bond donors (Lipinski definition) is 2. The molecule has 0 amide bonds. The van der Waals surface area contributed by atoms with Crippen molar-refractivity contribution in [3.05, 3.63) is 63.1 Å². The van der Waals surface area contributed by atoms with Crippen molar-refractivity contribution in [2.45, 2.75) is 12.6 Å². The Kier molecular flexibility index (Phi) is 3.79. The summed E-state index contributed by atoms with van der Waals surface area (Å²) in [6.07, 6.45) is -4.71. The van der Waals surface area contributed by atoms with Crippen LogP contribution in [0.1, 0.15) is 27.2 Å². The molecule has 0 fully saturated rings. The molecular weight excluding hydrogens is 289 g/mol. The number of hydrogen-bond acceptors (Lipinski definition) is 3. The molecule has 0 atom stereocenters. The lowest BCUT2D eigenvalue weighted by Gasteiger charge is -2.07. The van der Waals surface area contributed by atoms with E-state index in [1.165, 1.54) is 24.3 Å². The number of alkyl halides is 3. The quantitative estimate of drug-likeness (QED) is 0.908. The molecule has 1 aromatic heterocycles. The van der Waals surface area contributed by atoms with Crippen LogP contribution in [0.3, 0.4) is 0 Å². The van der Waals surface area contributed by atoms with Gasteiger partial charge in [-0.05, 0) is 23.8 Å². The lowest BCUT2D eigenvalue weighted by Crippen LogP contribution is -2.23. The Labute approximate surface area is 116 Å². The fraction of sp³-hybridized carbons (Fsp3) is 0.154. The average Bonchev–Trinajstić information content (AvgIpc) is 2.40. The fourth-order valence-corrected chi connectivity index (χ4v) is 1.72. The van der Waals surface area contributed by atoms with Crippen molar-refractivity contribution in [2.75, 3.05) is 0 Å². The van der Waals surface area contributed by atoms with Crippen LogP contribution < -0.4 is 5.56 Å². The Morgan fingerprint density at radius 3 is 2.38 bits per heavy atom. The molecule has 0 radical (unpaired) electrons. The van der Waals surface area contributed by atoms with E-state index < -0.39 is 23.3 Å². The number of aromatic nitrogens is 2. The molecule has 8 heteroatoms.